The van der Waals surface area contributed by atoms with Crippen LogP contribution in [0.25, 0.3) is 0 Å². The van der Waals surface area contributed by atoms with Crippen molar-refractivity contribution in [3.8, 4) is 0 Å². The highest BCUT2D eigenvalue weighted by Gasteiger charge is 2.24. The first-order valence-corrected chi connectivity index (χ1v) is 5.27. The van der Waals surface area contributed by atoms with E-state index in [1.54, 1.807) is 4.90 Å². The van der Waals surface area contributed by atoms with Crippen molar-refractivity contribution in [1.82, 2.24) is 9.97 Å². The van der Waals surface area contributed by atoms with E-state index in [4.69, 9.17) is 10.8 Å². The lowest BCUT2D eigenvalue weighted by atomic mass is 10.2. The molecule has 17 heavy (non-hydrogen) atoms. The van der Waals surface area contributed by atoms with Crippen molar-refractivity contribution in [3.63, 3.8) is 0 Å². The standard InChI is InChI=1S/C10H15N5O2/c1-5-6(2)15(3-4-16)8-7(12-5)9(17)14-10(11)13-8/h12,16H,3-4H2,1-2H3,(H3,11,13,14,17). The number of allylic oxidation sites excluding steroid dienone is 2. The van der Waals surface area contributed by atoms with Crippen LogP contribution in [0, 0.1) is 0 Å². The quantitative estimate of drug-likeness (QED) is 0.568. The molecule has 1 aliphatic rings. The van der Waals surface area contributed by atoms with E-state index in [1.807, 2.05) is 13.8 Å². The summed E-state index contributed by atoms with van der Waals surface area (Å²) >= 11 is 0. The van der Waals surface area contributed by atoms with Crippen LogP contribution in [0.4, 0.5) is 17.5 Å². The zero-order valence-corrected chi connectivity index (χ0v) is 9.74. The molecule has 0 radical (unpaired) electrons. The van der Waals surface area contributed by atoms with Crippen molar-refractivity contribution in [2.75, 3.05) is 29.1 Å². The van der Waals surface area contributed by atoms with Crippen molar-refractivity contribution >= 4 is 17.5 Å². The molecule has 1 aliphatic heterocycles. The van der Waals surface area contributed by atoms with Crippen LogP contribution in [-0.2, 0) is 0 Å². The maximum absolute atomic E-state index is 11.7. The van der Waals surface area contributed by atoms with Crippen molar-refractivity contribution in [2.45, 2.75) is 13.8 Å². The van der Waals surface area contributed by atoms with Gasteiger partial charge in [-0.2, -0.15) is 4.98 Å². The zero-order chi connectivity index (χ0) is 12.6. The molecule has 2 rings (SSSR count). The van der Waals surface area contributed by atoms with E-state index in [0.29, 0.717) is 18.1 Å². The van der Waals surface area contributed by atoms with Gasteiger partial charge in [0.2, 0.25) is 5.95 Å². The molecule has 0 bridgehead atoms. The number of nitrogen functional groups attached to an aromatic ring is 1. The van der Waals surface area contributed by atoms with Gasteiger partial charge in [0.05, 0.1) is 6.61 Å². The van der Waals surface area contributed by atoms with Gasteiger partial charge in [-0.15, -0.1) is 0 Å². The van der Waals surface area contributed by atoms with Gasteiger partial charge in [-0.25, -0.2) is 0 Å². The Hall–Kier alpha value is -2.02. The largest absolute Gasteiger partial charge is 0.395 e. The maximum Gasteiger partial charge on any atom is 0.278 e. The van der Waals surface area contributed by atoms with E-state index in [1.165, 1.54) is 0 Å². The minimum Gasteiger partial charge on any atom is -0.395 e. The molecule has 0 atom stereocenters. The molecule has 1 aromatic rings. The van der Waals surface area contributed by atoms with E-state index in [-0.39, 0.29) is 18.1 Å². The first-order chi connectivity index (χ1) is 8.04. The topological polar surface area (TPSA) is 107 Å². The van der Waals surface area contributed by atoms with Gasteiger partial charge in [-0.05, 0) is 13.8 Å². The lowest BCUT2D eigenvalue weighted by Gasteiger charge is -2.31. The van der Waals surface area contributed by atoms with Gasteiger partial charge < -0.3 is 21.1 Å². The number of hydrogen-bond donors (Lipinski definition) is 4. The molecular formula is C10H15N5O2. The number of fused-ring (bicyclic) bond motifs is 1. The van der Waals surface area contributed by atoms with Crippen LogP contribution < -0.4 is 21.5 Å². The lowest BCUT2D eigenvalue weighted by molar-refractivity contribution is 0.304. The summed E-state index contributed by atoms with van der Waals surface area (Å²) in [6, 6.07) is 0. The number of aromatic amines is 1. The fourth-order valence-electron chi connectivity index (χ4n) is 1.80. The van der Waals surface area contributed by atoms with E-state index in [0.717, 1.165) is 11.4 Å². The summed E-state index contributed by atoms with van der Waals surface area (Å²) < 4.78 is 0. The summed E-state index contributed by atoms with van der Waals surface area (Å²) in [5.41, 5.74) is 7.32. The Morgan fingerprint density at radius 1 is 1.47 bits per heavy atom. The van der Waals surface area contributed by atoms with E-state index >= 15 is 0 Å². The molecule has 0 saturated heterocycles. The molecule has 0 amide bonds. The summed E-state index contributed by atoms with van der Waals surface area (Å²) in [6.45, 7) is 4.09. The third-order valence-electron chi connectivity index (χ3n) is 2.76. The maximum atomic E-state index is 11.7. The fraction of sp³-hybridized carbons (Fsp3) is 0.400. The number of aliphatic hydroxyl groups excluding tert-OH is 1. The molecule has 7 heteroatoms. The number of anilines is 3. The molecule has 92 valence electrons. The molecule has 7 nitrogen and oxygen atoms in total. The number of aromatic nitrogens is 2. The number of hydrogen-bond acceptors (Lipinski definition) is 6. The van der Waals surface area contributed by atoms with Crippen molar-refractivity contribution in [3.05, 3.63) is 21.7 Å². The van der Waals surface area contributed by atoms with Gasteiger partial charge in [0.15, 0.2) is 5.82 Å². The second-order valence-corrected chi connectivity index (χ2v) is 3.86. The summed E-state index contributed by atoms with van der Waals surface area (Å²) in [7, 11) is 0. The molecule has 0 spiro atoms. The van der Waals surface area contributed by atoms with E-state index < -0.39 is 0 Å². The summed E-state index contributed by atoms with van der Waals surface area (Å²) in [5, 5.41) is 12.0. The van der Waals surface area contributed by atoms with Crippen molar-refractivity contribution in [1.29, 1.82) is 0 Å². The molecule has 0 unspecified atom stereocenters. The van der Waals surface area contributed by atoms with Crippen LogP contribution in [0.2, 0.25) is 0 Å². The van der Waals surface area contributed by atoms with Crippen LogP contribution in [0.1, 0.15) is 13.8 Å². The van der Waals surface area contributed by atoms with Crippen LogP contribution in [0.3, 0.4) is 0 Å². The Kier molecular flexibility index (Phi) is 2.76. The van der Waals surface area contributed by atoms with E-state index in [9.17, 15) is 4.79 Å². The smallest absolute Gasteiger partial charge is 0.278 e. The van der Waals surface area contributed by atoms with Crippen LogP contribution in [0.5, 0.6) is 0 Å². The third kappa shape index (κ3) is 1.84. The molecule has 0 aromatic carbocycles. The fourth-order valence-corrected chi connectivity index (χ4v) is 1.80. The van der Waals surface area contributed by atoms with Gasteiger partial charge in [0, 0.05) is 17.9 Å². The highest BCUT2D eigenvalue weighted by atomic mass is 16.3. The van der Waals surface area contributed by atoms with Gasteiger partial charge in [-0.3, -0.25) is 9.78 Å². The lowest BCUT2D eigenvalue weighted by Crippen LogP contribution is -2.34. The normalized spacial score (nSPS) is 14.6. The minimum absolute atomic E-state index is 0.0293. The Morgan fingerprint density at radius 2 is 2.18 bits per heavy atom. The van der Waals surface area contributed by atoms with Crippen LogP contribution in [0.15, 0.2) is 16.2 Å². The highest BCUT2D eigenvalue weighted by Crippen LogP contribution is 2.30. The predicted molar refractivity (Wildman–Crippen MR) is 65.7 cm³/mol. The minimum atomic E-state index is -0.317. The molecular weight excluding hydrogens is 222 g/mol. The monoisotopic (exact) mass is 237 g/mol. The van der Waals surface area contributed by atoms with Gasteiger partial charge in [-0.1, -0.05) is 0 Å². The molecule has 5 N–H and O–H groups in total. The molecule has 1 aromatic heterocycles. The number of aliphatic hydroxyl groups is 1. The van der Waals surface area contributed by atoms with Gasteiger partial charge in [0.1, 0.15) is 5.69 Å². The summed E-state index contributed by atoms with van der Waals surface area (Å²) in [6.07, 6.45) is 0. The number of nitrogens with zero attached hydrogens (tertiary/aromatic N) is 2. The number of nitrogens with two attached hydrogens (primary N) is 1. The number of nitrogens with one attached hydrogen (secondary N) is 2. The first kappa shape index (κ1) is 11.5. The average Bonchev–Trinajstić information content (AvgIpc) is 2.26. The SMILES string of the molecule is CC1=C(C)N(CCO)c2nc(N)[nH]c(=O)c2N1. The molecule has 2 heterocycles. The second kappa shape index (κ2) is 4.10. The Balaban J connectivity index is 2.60. The van der Waals surface area contributed by atoms with Gasteiger partial charge in [0.25, 0.3) is 5.56 Å². The number of rotatable bonds is 2. The van der Waals surface area contributed by atoms with Crippen LogP contribution in [-0.4, -0.2) is 28.2 Å². The van der Waals surface area contributed by atoms with Crippen LogP contribution >= 0.6 is 0 Å². The number of H-pyrrole nitrogens is 1. The van der Waals surface area contributed by atoms with Gasteiger partial charge >= 0.3 is 0 Å². The predicted octanol–water partition coefficient (Wildman–Crippen LogP) is -0.172. The molecule has 0 fully saturated rings. The third-order valence-corrected chi connectivity index (χ3v) is 2.76. The Morgan fingerprint density at radius 3 is 2.82 bits per heavy atom. The zero-order valence-electron chi connectivity index (χ0n) is 9.74. The Labute approximate surface area is 98.0 Å². The second-order valence-electron chi connectivity index (χ2n) is 3.86. The number of β-amino-alcohol motifs (C(OH)–C–C–N with tert-alkyl or cyclic N) is 1. The van der Waals surface area contributed by atoms with E-state index in [2.05, 4.69) is 15.3 Å². The summed E-state index contributed by atoms with van der Waals surface area (Å²) in [4.78, 5) is 20.0. The average molecular weight is 237 g/mol. The Bertz CT molecular complexity index is 534. The molecule has 0 aliphatic carbocycles. The van der Waals surface area contributed by atoms with Crippen molar-refractivity contribution < 1.29 is 5.11 Å². The first-order valence-electron chi connectivity index (χ1n) is 5.27. The van der Waals surface area contributed by atoms with Crippen molar-refractivity contribution in [2.24, 2.45) is 0 Å². The highest BCUT2D eigenvalue weighted by molar-refractivity contribution is 5.73. The molecule has 0 saturated carbocycles. The summed E-state index contributed by atoms with van der Waals surface area (Å²) in [5.74, 6) is 0.509.